The van der Waals surface area contributed by atoms with Gasteiger partial charge < -0.3 is 14.0 Å². The maximum absolute atomic E-state index is 13.2. The van der Waals surface area contributed by atoms with Crippen LogP contribution in [0.15, 0.2) is 42.7 Å². The molecule has 1 aliphatic heterocycles. The molecule has 7 heteroatoms. The van der Waals surface area contributed by atoms with Crippen LogP contribution in [0.1, 0.15) is 44.4 Å². The molecule has 28 heavy (non-hydrogen) atoms. The largest absolute Gasteiger partial charge is 0.339 e. The van der Waals surface area contributed by atoms with Crippen LogP contribution in [-0.4, -0.2) is 48.2 Å². The van der Waals surface area contributed by atoms with Gasteiger partial charge in [-0.1, -0.05) is 44.2 Å². The average molecular weight is 378 g/mol. The van der Waals surface area contributed by atoms with Crippen LogP contribution in [0.4, 0.5) is 0 Å². The van der Waals surface area contributed by atoms with E-state index in [0.717, 1.165) is 23.0 Å². The maximum Gasteiger partial charge on any atom is 0.245 e. The molecule has 3 aromatic rings. The topological polar surface area (TPSA) is 68.8 Å². The van der Waals surface area contributed by atoms with Crippen LogP contribution in [0.5, 0.6) is 0 Å². The highest BCUT2D eigenvalue weighted by Gasteiger charge is 2.27. The van der Waals surface area contributed by atoms with Crippen molar-refractivity contribution in [2.45, 2.75) is 45.7 Å². The Morgan fingerprint density at radius 3 is 2.57 bits per heavy atom. The van der Waals surface area contributed by atoms with E-state index in [1.54, 1.807) is 6.20 Å². The van der Waals surface area contributed by atoms with Gasteiger partial charge in [0.15, 0.2) is 5.82 Å². The standard InChI is InChI=1S/C21H26N6O/c1-15(2)19-22-10-12-26(19)16(3)21(28)25-11-9-18-23-24-20(27(18)14-13-25)17-7-5-4-6-8-17/h4-8,10,12,15-16H,9,11,13-14H2,1-3H3. The molecule has 1 aromatic carbocycles. The van der Waals surface area contributed by atoms with E-state index in [0.29, 0.717) is 26.1 Å². The Bertz CT molecular complexity index is 958. The number of benzene rings is 1. The van der Waals surface area contributed by atoms with Gasteiger partial charge in [-0.25, -0.2) is 4.98 Å². The summed E-state index contributed by atoms with van der Waals surface area (Å²) >= 11 is 0. The molecule has 2 aromatic heterocycles. The molecule has 0 bridgehead atoms. The van der Waals surface area contributed by atoms with E-state index in [2.05, 4.69) is 33.6 Å². The second kappa shape index (κ2) is 7.58. The van der Waals surface area contributed by atoms with E-state index in [4.69, 9.17) is 0 Å². The van der Waals surface area contributed by atoms with E-state index in [9.17, 15) is 4.79 Å². The van der Waals surface area contributed by atoms with Crippen molar-refractivity contribution in [2.75, 3.05) is 13.1 Å². The minimum absolute atomic E-state index is 0.125. The highest BCUT2D eigenvalue weighted by molar-refractivity contribution is 5.80. The average Bonchev–Trinajstić information content (AvgIpc) is 3.30. The number of nitrogens with zero attached hydrogens (tertiary/aromatic N) is 6. The minimum Gasteiger partial charge on any atom is -0.339 e. The van der Waals surface area contributed by atoms with Crippen molar-refractivity contribution in [2.24, 2.45) is 0 Å². The summed E-state index contributed by atoms with van der Waals surface area (Å²) in [6.07, 6.45) is 4.38. The van der Waals surface area contributed by atoms with Gasteiger partial charge >= 0.3 is 0 Å². The van der Waals surface area contributed by atoms with Gasteiger partial charge in [-0.2, -0.15) is 0 Å². The van der Waals surface area contributed by atoms with E-state index in [1.807, 2.05) is 52.9 Å². The summed E-state index contributed by atoms with van der Waals surface area (Å²) in [6, 6.07) is 9.81. The smallest absolute Gasteiger partial charge is 0.245 e. The SMILES string of the molecule is CC(C)c1nccn1C(C)C(=O)N1CCc2nnc(-c3ccccc3)n2CC1. The fourth-order valence-electron chi connectivity index (χ4n) is 3.83. The van der Waals surface area contributed by atoms with Crippen LogP contribution in [0.2, 0.25) is 0 Å². The number of imidazole rings is 1. The first-order valence-corrected chi connectivity index (χ1v) is 9.85. The molecule has 0 fully saturated rings. The zero-order valence-corrected chi connectivity index (χ0v) is 16.6. The van der Waals surface area contributed by atoms with Gasteiger partial charge in [0.05, 0.1) is 0 Å². The second-order valence-electron chi connectivity index (χ2n) is 7.56. The summed E-state index contributed by atoms with van der Waals surface area (Å²) in [5.74, 6) is 3.15. The molecule has 0 aliphatic carbocycles. The summed E-state index contributed by atoms with van der Waals surface area (Å²) in [5.41, 5.74) is 1.05. The molecule has 1 unspecified atom stereocenters. The normalized spacial score (nSPS) is 15.4. The van der Waals surface area contributed by atoms with Crippen molar-refractivity contribution in [3.63, 3.8) is 0 Å². The first kappa shape index (κ1) is 18.4. The van der Waals surface area contributed by atoms with Crippen molar-refractivity contribution in [1.82, 2.24) is 29.2 Å². The molecule has 1 atom stereocenters. The molecular formula is C21H26N6O. The Kier molecular flexibility index (Phi) is 4.98. The predicted octanol–water partition coefficient (Wildman–Crippen LogP) is 2.91. The molecule has 1 amide bonds. The van der Waals surface area contributed by atoms with Crippen LogP contribution in [0.3, 0.4) is 0 Å². The summed E-state index contributed by atoms with van der Waals surface area (Å²) < 4.78 is 4.14. The fraction of sp³-hybridized carbons (Fsp3) is 0.429. The Morgan fingerprint density at radius 2 is 1.82 bits per heavy atom. The Morgan fingerprint density at radius 1 is 1.04 bits per heavy atom. The van der Waals surface area contributed by atoms with Gasteiger partial charge in [-0.05, 0) is 6.92 Å². The van der Waals surface area contributed by atoms with Crippen LogP contribution in [0, 0.1) is 0 Å². The highest BCUT2D eigenvalue weighted by Crippen LogP contribution is 2.22. The lowest BCUT2D eigenvalue weighted by Gasteiger charge is -2.26. The molecule has 4 rings (SSSR count). The predicted molar refractivity (Wildman–Crippen MR) is 107 cm³/mol. The van der Waals surface area contributed by atoms with Crippen LogP contribution >= 0.6 is 0 Å². The number of carbonyl (C=O) groups excluding carboxylic acids is 1. The van der Waals surface area contributed by atoms with Gasteiger partial charge in [0.25, 0.3) is 0 Å². The molecule has 0 spiro atoms. The molecule has 7 nitrogen and oxygen atoms in total. The third-order valence-corrected chi connectivity index (χ3v) is 5.36. The lowest BCUT2D eigenvalue weighted by molar-refractivity contribution is -0.134. The monoisotopic (exact) mass is 378 g/mol. The maximum atomic E-state index is 13.2. The van der Waals surface area contributed by atoms with Crippen LogP contribution in [-0.2, 0) is 17.8 Å². The lowest BCUT2D eigenvalue weighted by Crippen LogP contribution is -2.38. The Hall–Kier alpha value is -2.96. The number of hydrogen-bond donors (Lipinski definition) is 0. The number of carbonyl (C=O) groups is 1. The Labute approximate surface area is 165 Å². The first-order valence-electron chi connectivity index (χ1n) is 9.85. The number of rotatable bonds is 4. The highest BCUT2D eigenvalue weighted by atomic mass is 16.2. The number of aromatic nitrogens is 5. The quantitative estimate of drug-likeness (QED) is 0.700. The van der Waals surface area contributed by atoms with Crippen LogP contribution < -0.4 is 0 Å². The third-order valence-electron chi connectivity index (χ3n) is 5.36. The van der Waals surface area contributed by atoms with Crippen molar-refractivity contribution >= 4 is 5.91 Å². The Balaban J connectivity index is 1.52. The van der Waals surface area contributed by atoms with E-state index in [-0.39, 0.29) is 17.9 Å². The van der Waals surface area contributed by atoms with Crippen molar-refractivity contribution in [1.29, 1.82) is 0 Å². The van der Waals surface area contributed by atoms with E-state index < -0.39 is 0 Å². The zero-order valence-electron chi connectivity index (χ0n) is 16.6. The van der Waals surface area contributed by atoms with Crippen LogP contribution in [0.25, 0.3) is 11.4 Å². The van der Waals surface area contributed by atoms with Crippen molar-refractivity contribution in [3.05, 3.63) is 54.4 Å². The van der Waals surface area contributed by atoms with Gasteiger partial charge in [-0.3, -0.25) is 4.79 Å². The molecule has 0 saturated heterocycles. The van der Waals surface area contributed by atoms with Gasteiger partial charge in [-0.15, -0.1) is 10.2 Å². The van der Waals surface area contributed by atoms with Crippen molar-refractivity contribution < 1.29 is 4.79 Å². The second-order valence-corrected chi connectivity index (χ2v) is 7.56. The zero-order chi connectivity index (χ0) is 19.7. The number of hydrogen-bond acceptors (Lipinski definition) is 4. The molecule has 0 saturated carbocycles. The molecule has 0 radical (unpaired) electrons. The fourth-order valence-corrected chi connectivity index (χ4v) is 3.83. The lowest BCUT2D eigenvalue weighted by atomic mass is 10.2. The minimum atomic E-state index is -0.267. The third kappa shape index (κ3) is 3.32. The number of amides is 1. The molecule has 3 heterocycles. The van der Waals surface area contributed by atoms with Gasteiger partial charge in [0, 0.05) is 49.9 Å². The summed E-state index contributed by atoms with van der Waals surface area (Å²) in [4.78, 5) is 19.5. The molecule has 1 aliphatic rings. The molecular weight excluding hydrogens is 352 g/mol. The molecule has 0 N–H and O–H groups in total. The van der Waals surface area contributed by atoms with Gasteiger partial charge in [0.2, 0.25) is 5.91 Å². The molecule has 146 valence electrons. The summed E-state index contributed by atoms with van der Waals surface area (Å²) in [7, 11) is 0. The van der Waals surface area contributed by atoms with E-state index >= 15 is 0 Å². The summed E-state index contributed by atoms with van der Waals surface area (Å²) in [6.45, 7) is 8.15. The van der Waals surface area contributed by atoms with E-state index in [1.165, 1.54) is 0 Å². The summed E-state index contributed by atoms with van der Waals surface area (Å²) in [5, 5.41) is 8.76. The first-order chi connectivity index (χ1) is 13.6. The van der Waals surface area contributed by atoms with Crippen molar-refractivity contribution in [3.8, 4) is 11.4 Å². The van der Waals surface area contributed by atoms with Gasteiger partial charge in [0.1, 0.15) is 17.7 Å². The number of fused-ring (bicyclic) bond motifs is 1.